The van der Waals surface area contributed by atoms with Crippen LogP contribution in [0.15, 0.2) is 60.7 Å². The normalized spacial score (nSPS) is 9.95. The third kappa shape index (κ3) is 4.14. The van der Waals surface area contributed by atoms with Crippen molar-refractivity contribution in [3.05, 3.63) is 71.8 Å². The number of hydrogen-bond donors (Lipinski definition) is 1. The molecule has 0 saturated heterocycles. The average molecular weight is 254 g/mol. The van der Waals surface area contributed by atoms with Crippen LogP contribution < -0.4 is 5.32 Å². The van der Waals surface area contributed by atoms with Crippen LogP contribution in [0.25, 0.3) is 0 Å². The summed E-state index contributed by atoms with van der Waals surface area (Å²) >= 11 is 0. The fourth-order valence-corrected chi connectivity index (χ4v) is 1.84. The number of carbonyl (C=O) groups excluding carboxylic acids is 1. The van der Waals surface area contributed by atoms with Gasteiger partial charge in [-0.1, -0.05) is 60.7 Å². The minimum Gasteiger partial charge on any atom is -0.334 e. The van der Waals surface area contributed by atoms with Crippen molar-refractivity contribution in [3.8, 4) is 0 Å². The summed E-state index contributed by atoms with van der Waals surface area (Å²) in [6.07, 6.45) is 0. The second kappa shape index (κ2) is 6.59. The summed E-state index contributed by atoms with van der Waals surface area (Å²) in [5, 5.41) is 2.91. The highest BCUT2D eigenvalue weighted by molar-refractivity contribution is 5.73. The van der Waals surface area contributed by atoms with Gasteiger partial charge < -0.3 is 10.2 Å². The monoisotopic (exact) mass is 254 g/mol. The Balaban J connectivity index is 1.83. The zero-order valence-corrected chi connectivity index (χ0v) is 11.0. The first-order chi connectivity index (χ1) is 9.25. The van der Waals surface area contributed by atoms with E-state index in [4.69, 9.17) is 0 Å². The summed E-state index contributed by atoms with van der Waals surface area (Å²) in [6.45, 7) is 1.17. The number of carbonyl (C=O) groups is 1. The van der Waals surface area contributed by atoms with Gasteiger partial charge in [-0.3, -0.25) is 0 Å². The van der Waals surface area contributed by atoms with E-state index in [0.717, 1.165) is 11.1 Å². The van der Waals surface area contributed by atoms with Crippen LogP contribution in [0.5, 0.6) is 0 Å². The van der Waals surface area contributed by atoms with E-state index in [-0.39, 0.29) is 6.03 Å². The van der Waals surface area contributed by atoms with E-state index in [0.29, 0.717) is 13.1 Å². The van der Waals surface area contributed by atoms with Gasteiger partial charge in [0.25, 0.3) is 0 Å². The highest BCUT2D eigenvalue weighted by atomic mass is 16.2. The maximum Gasteiger partial charge on any atom is 0.317 e. The molecule has 2 amide bonds. The average Bonchev–Trinajstić information content (AvgIpc) is 2.47. The van der Waals surface area contributed by atoms with Crippen molar-refractivity contribution < 1.29 is 4.79 Å². The van der Waals surface area contributed by atoms with E-state index in [1.807, 2.05) is 60.7 Å². The van der Waals surface area contributed by atoms with Crippen molar-refractivity contribution in [2.24, 2.45) is 0 Å². The molecule has 0 unspecified atom stereocenters. The lowest BCUT2D eigenvalue weighted by Crippen LogP contribution is -2.36. The second-order valence-corrected chi connectivity index (χ2v) is 4.49. The molecule has 0 atom stereocenters. The van der Waals surface area contributed by atoms with Crippen molar-refractivity contribution >= 4 is 6.03 Å². The number of nitrogens with zero attached hydrogens (tertiary/aromatic N) is 1. The molecule has 0 radical (unpaired) electrons. The molecule has 0 aromatic heterocycles. The molecule has 19 heavy (non-hydrogen) atoms. The SMILES string of the molecule is CN(Cc1ccccc1)C(=O)NCc1ccccc1. The lowest BCUT2D eigenvalue weighted by Gasteiger charge is -2.18. The molecule has 0 spiro atoms. The minimum absolute atomic E-state index is 0.0623. The molecule has 98 valence electrons. The molecule has 1 N–H and O–H groups in total. The topological polar surface area (TPSA) is 32.3 Å². The predicted molar refractivity (Wildman–Crippen MR) is 76.6 cm³/mol. The molecule has 3 heteroatoms. The molecule has 2 aromatic carbocycles. The van der Waals surface area contributed by atoms with E-state index in [2.05, 4.69) is 5.32 Å². The van der Waals surface area contributed by atoms with Crippen LogP contribution in [-0.2, 0) is 13.1 Å². The Hall–Kier alpha value is -2.29. The van der Waals surface area contributed by atoms with Crippen LogP contribution in [0.4, 0.5) is 4.79 Å². The van der Waals surface area contributed by atoms with Crippen molar-refractivity contribution in [3.63, 3.8) is 0 Å². The summed E-state index contributed by atoms with van der Waals surface area (Å²) in [5.74, 6) is 0. The Morgan fingerprint density at radius 3 is 2.05 bits per heavy atom. The summed E-state index contributed by atoms with van der Waals surface area (Å²) < 4.78 is 0. The molecular formula is C16H18N2O. The fourth-order valence-electron chi connectivity index (χ4n) is 1.84. The van der Waals surface area contributed by atoms with Gasteiger partial charge in [0.05, 0.1) is 0 Å². The van der Waals surface area contributed by atoms with Crippen LogP contribution in [-0.4, -0.2) is 18.0 Å². The van der Waals surface area contributed by atoms with Crippen LogP contribution in [0.1, 0.15) is 11.1 Å². The highest BCUT2D eigenvalue weighted by Gasteiger charge is 2.07. The molecular weight excluding hydrogens is 236 g/mol. The lowest BCUT2D eigenvalue weighted by molar-refractivity contribution is 0.206. The molecule has 0 aliphatic heterocycles. The third-order valence-corrected chi connectivity index (χ3v) is 2.90. The van der Waals surface area contributed by atoms with E-state index in [1.54, 1.807) is 11.9 Å². The van der Waals surface area contributed by atoms with Crippen molar-refractivity contribution in [2.75, 3.05) is 7.05 Å². The Morgan fingerprint density at radius 2 is 1.47 bits per heavy atom. The van der Waals surface area contributed by atoms with Gasteiger partial charge in [0.15, 0.2) is 0 Å². The number of rotatable bonds is 4. The molecule has 0 heterocycles. The summed E-state index contributed by atoms with van der Waals surface area (Å²) in [7, 11) is 1.80. The number of amides is 2. The second-order valence-electron chi connectivity index (χ2n) is 4.49. The van der Waals surface area contributed by atoms with Gasteiger partial charge in [0, 0.05) is 20.1 Å². The maximum atomic E-state index is 11.9. The molecule has 0 aliphatic carbocycles. The highest BCUT2D eigenvalue weighted by Crippen LogP contribution is 2.03. The first-order valence-corrected chi connectivity index (χ1v) is 6.32. The predicted octanol–water partition coefficient (Wildman–Crippen LogP) is 3.03. The van der Waals surface area contributed by atoms with Crippen molar-refractivity contribution in [2.45, 2.75) is 13.1 Å². The largest absolute Gasteiger partial charge is 0.334 e. The molecule has 2 aromatic rings. The lowest BCUT2D eigenvalue weighted by atomic mass is 10.2. The minimum atomic E-state index is -0.0623. The summed E-state index contributed by atoms with van der Waals surface area (Å²) in [5.41, 5.74) is 2.23. The van der Waals surface area contributed by atoms with Crippen LogP contribution >= 0.6 is 0 Å². The fraction of sp³-hybridized carbons (Fsp3) is 0.188. The molecule has 2 rings (SSSR count). The van der Waals surface area contributed by atoms with Crippen LogP contribution in [0, 0.1) is 0 Å². The number of benzene rings is 2. The molecule has 0 saturated carbocycles. The Labute approximate surface area is 113 Å². The first-order valence-electron chi connectivity index (χ1n) is 6.32. The van der Waals surface area contributed by atoms with Gasteiger partial charge >= 0.3 is 6.03 Å². The molecule has 3 nitrogen and oxygen atoms in total. The van der Waals surface area contributed by atoms with Crippen molar-refractivity contribution in [1.82, 2.24) is 10.2 Å². The zero-order chi connectivity index (χ0) is 13.5. The standard InChI is InChI=1S/C16H18N2O/c1-18(13-15-10-6-3-7-11-15)16(19)17-12-14-8-4-2-5-9-14/h2-11H,12-13H2,1H3,(H,17,19). The van der Waals surface area contributed by atoms with E-state index in [1.165, 1.54) is 0 Å². The van der Waals surface area contributed by atoms with Gasteiger partial charge in [0.1, 0.15) is 0 Å². The maximum absolute atomic E-state index is 11.9. The Bertz CT molecular complexity index is 511. The number of nitrogens with one attached hydrogen (secondary N) is 1. The van der Waals surface area contributed by atoms with Crippen molar-refractivity contribution in [1.29, 1.82) is 0 Å². The smallest absolute Gasteiger partial charge is 0.317 e. The summed E-state index contributed by atoms with van der Waals surface area (Å²) in [6, 6.07) is 19.8. The number of hydrogen-bond acceptors (Lipinski definition) is 1. The van der Waals surface area contributed by atoms with Gasteiger partial charge in [0.2, 0.25) is 0 Å². The van der Waals surface area contributed by atoms with Gasteiger partial charge in [-0.15, -0.1) is 0 Å². The third-order valence-electron chi connectivity index (χ3n) is 2.90. The Morgan fingerprint density at radius 1 is 0.947 bits per heavy atom. The van der Waals surface area contributed by atoms with Gasteiger partial charge in [-0.2, -0.15) is 0 Å². The van der Waals surface area contributed by atoms with E-state index < -0.39 is 0 Å². The van der Waals surface area contributed by atoms with Gasteiger partial charge in [-0.05, 0) is 11.1 Å². The van der Waals surface area contributed by atoms with Gasteiger partial charge in [-0.25, -0.2) is 4.79 Å². The Kier molecular flexibility index (Phi) is 4.56. The molecule has 0 aliphatic rings. The van der Waals surface area contributed by atoms with E-state index in [9.17, 15) is 4.79 Å². The molecule has 0 fully saturated rings. The van der Waals surface area contributed by atoms with E-state index >= 15 is 0 Å². The zero-order valence-electron chi connectivity index (χ0n) is 11.0. The first kappa shape index (κ1) is 13.1. The summed E-state index contributed by atoms with van der Waals surface area (Å²) in [4.78, 5) is 13.6. The van der Waals surface area contributed by atoms with Crippen LogP contribution in [0.3, 0.4) is 0 Å². The molecule has 0 bridgehead atoms. The van der Waals surface area contributed by atoms with Crippen LogP contribution in [0.2, 0.25) is 0 Å². The number of urea groups is 1. The quantitative estimate of drug-likeness (QED) is 0.893.